The summed E-state index contributed by atoms with van der Waals surface area (Å²) >= 11 is 5.88. The fourth-order valence-electron chi connectivity index (χ4n) is 1.23. The highest BCUT2D eigenvalue weighted by atomic mass is 35.5. The number of nitrogens with one attached hydrogen (secondary N) is 1. The number of carbonyl (C=O) groups excluding carboxylic acids is 1. The van der Waals surface area contributed by atoms with Crippen molar-refractivity contribution in [1.82, 2.24) is 15.2 Å². The Morgan fingerprint density at radius 1 is 1.80 bits per heavy atom. The lowest BCUT2D eigenvalue weighted by atomic mass is 10.2. The van der Waals surface area contributed by atoms with Crippen LogP contribution in [0.4, 0.5) is 0 Å². The SMILES string of the molecule is Cc1nn(C(C)CCC(=O)NN)cc1Cl. The Morgan fingerprint density at radius 2 is 2.47 bits per heavy atom. The molecule has 0 bridgehead atoms. The van der Waals surface area contributed by atoms with E-state index in [0.717, 1.165) is 5.69 Å². The molecule has 0 aliphatic heterocycles. The van der Waals surface area contributed by atoms with Gasteiger partial charge in [0.25, 0.3) is 0 Å². The number of nitrogens with two attached hydrogens (primary N) is 1. The summed E-state index contributed by atoms with van der Waals surface area (Å²) in [5.74, 6) is 4.81. The van der Waals surface area contributed by atoms with Crippen LogP contribution in [-0.4, -0.2) is 15.7 Å². The predicted molar refractivity (Wildman–Crippen MR) is 58.2 cm³/mol. The van der Waals surface area contributed by atoms with Crippen molar-refractivity contribution in [3.63, 3.8) is 0 Å². The van der Waals surface area contributed by atoms with Gasteiger partial charge in [0.05, 0.1) is 10.7 Å². The summed E-state index contributed by atoms with van der Waals surface area (Å²) in [5, 5.41) is 4.88. The Morgan fingerprint density at radius 3 is 2.93 bits per heavy atom. The van der Waals surface area contributed by atoms with Gasteiger partial charge in [-0.15, -0.1) is 0 Å². The molecule has 0 fully saturated rings. The molecule has 84 valence electrons. The minimum atomic E-state index is -0.170. The van der Waals surface area contributed by atoms with Gasteiger partial charge in [0, 0.05) is 18.7 Å². The molecule has 1 amide bonds. The number of rotatable bonds is 4. The minimum absolute atomic E-state index is 0.133. The molecule has 0 aliphatic rings. The molecule has 0 aliphatic carbocycles. The maximum atomic E-state index is 10.9. The van der Waals surface area contributed by atoms with E-state index in [1.807, 2.05) is 13.8 Å². The second-order valence-electron chi connectivity index (χ2n) is 3.50. The highest BCUT2D eigenvalue weighted by Crippen LogP contribution is 2.18. The molecule has 1 unspecified atom stereocenters. The fourth-order valence-corrected chi connectivity index (χ4v) is 1.37. The Hall–Kier alpha value is -1.07. The number of hydrazine groups is 1. The second-order valence-corrected chi connectivity index (χ2v) is 3.90. The number of carbonyl (C=O) groups is 1. The van der Waals surface area contributed by atoms with Crippen molar-refractivity contribution in [1.29, 1.82) is 0 Å². The Kier molecular flexibility index (Phi) is 4.11. The summed E-state index contributed by atoms with van der Waals surface area (Å²) in [6, 6.07) is 0.133. The Balaban J connectivity index is 2.53. The Labute approximate surface area is 93.6 Å². The van der Waals surface area contributed by atoms with Crippen LogP contribution in [0.25, 0.3) is 0 Å². The molecule has 1 aromatic heterocycles. The van der Waals surface area contributed by atoms with Crippen molar-refractivity contribution in [2.75, 3.05) is 0 Å². The normalized spacial score (nSPS) is 12.5. The van der Waals surface area contributed by atoms with Gasteiger partial charge in [-0.1, -0.05) is 11.6 Å². The van der Waals surface area contributed by atoms with E-state index in [4.69, 9.17) is 17.4 Å². The maximum Gasteiger partial charge on any atom is 0.233 e. The van der Waals surface area contributed by atoms with Crippen molar-refractivity contribution >= 4 is 17.5 Å². The summed E-state index contributed by atoms with van der Waals surface area (Å²) in [6.07, 6.45) is 2.83. The predicted octanol–water partition coefficient (Wildman–Crippen LogP) is 1.18. The number of halogens is 1. The largest absolute Gasteiger partial charge is 0.294 e. The van der Waals surface area contributed by atoms with Crippen LogP contribution in [0.1, 0.15) is 31.5 Å². The topological polar surface area (TPSA) is 72.9 Å². The van der Waals surface area contributed by atoms with Gasteiger partial charge in [0.15, 0.2) is 0 Å². The lowest BCUT2D eigenvalue weighted by Gasteiger charge is -2.10. The van der Waals surface area contributed by atoms with Gasteiger partial charge in [-0.25, -0.2) is 5.84 Å². The van der Waals surface area contributed by atoms with Crippen LogP contribution >= 0.6 is 11.6 Å². The van der Waals surface area contributed by atoms with Gasteiger partial charge in [0.1, 0.15) is 0 Å². The standard InChI is InChI=1S/C9H15ClN4O/c1-6(3-4-9(15)12-11)14-5-8(10)7(2)13-14/h5-6H,3-4,11H2,1-2H3,(H,12,15). The summed E-state index contributed by atoms with van der Waals surface area (Å²) in [5.41, 5.74) is 2.89. The third kappa shape index (κ3) is 3.21. The highest BCUT2D eigenvalue weighted by molar-refractivity contribution is 6.31. The number of hydrogen-bond donors (Lipinski definition) is 2. The van der Waals surface area contributed by atoms with Crippen LogP contribution in [0, 0.1) is 6.92 Å². The summed E-state index contributed by atoms with van der Waals surface area (Å²) < 4.78 is 1.77. The van der Waals surface area contributed by atoms with Crippen molar-refractivity contribution < 1.29 is 4.79 Å². The summed E-state index contributed by atoms with van der Waals surface area (Å²) in [4.78, 5) is 10.9. The molecule has 1 atom stereocenters. The van der Waals surface area contributed by atoms with E-state index in [-0.39, 0.29) is 11.9 Å². The minimum Gasteiger partial charge on any atom is -0.294 e. The van der Waals surface area contributed by atoms with Crippen LogP contribution < -0.4 is 11.3 Å². The molecule has 0 spiro atoms. The number of hydrogen-bond acceptors (Lipinski definition) is 3. The third-order valence-electron chi connectivity index (χ3n) is 2.26. The smallest absolute Gasteiger partial charge is 0.233 e. The van der Waals surface area contributed by atoms with Crippen LogP contribution in [-0.2, 0) is 4.79 Å². The summed E-state index contributed by atoms with van der Waals surface area (Å²) in [6.45, 7) is 3.82. The molecule has 0 radical (unpaired) electrons. The third-order valence-corrected chi connectivity index (χ3v) is 2.63. The molecule has 1 heterocycles. The molecule has 1 rings (SSSR count). The maximum absolute atomic E-state index is 10.9. The molecule has 1 aromatic rings. The van der Waals surface area contributed by atoms with Crippen molar-refractivity contribution in [2.45, 2.75) is 32.7 Å². The van der Waals surface area contributed by atoms with Crippen molar-refractivity contribution in [3.8, 4) is 0 Å². The van der Waals surface area contributed by atoms with E-state index in [1.165, 1.54) is 0 Å². The average molecular weight is 231 g/mol. The lowest BCUT2D eigenvalue weighted by molar-refractivity contribution is -0.121. The second kappa shape index (κ2) is 5.14. The molecular weight excluding hydrogens is 216 g/mol. The van der Waals surface area contributed by atoms with E-state index in [9.17, 15) is 4.79 Å². The Bertz CT molecular complexity index is 330. The molecule has 0 saturated carbocycles. The zero-order valence-electron chi connectivity index (χ0n) is 8.83. The van der Waals surface area contributed by atoms with Crippen molar-refractivity contribution in [3.05, 3.63) is 16.9 Å². The first-order chi connectivity index (χ1) is 7.04. The monoisotopic (exact) mass is 230 g/mol. The number of nitrogens with zero attached hydrogens (tertiary/aromatic N) is 2. The molecule has 0 saturated heterocycles. The molecule has 3 N–H and O–H groups in total. The highest BCUT2D eigenvalue weighted by Gasteiger charge is 2.10. The first-order valence-corrected chi connectivity index (χ1v) is 5.13. The van der Waals surface area contributed by atoms with Crippen LogP contribution in [0.2, 0.25) is 5.02 Å². The van der Waals surface area contributed by atoms with E-state index < -0.39 is 0 Å². The molecule has 6 heteroatoms. The van der Waals surface area contributed by atoms with E-state index >= 15 is 0 Å². The number of aromatic nitrogens is 2. The quantitative estimate of drug-likeness (QED) is 0.463. The van der Waals surface area contributed by atoms with Gasteiger partial charge < -0.3 is 0 Å². The number of amides is 1. The lowest BCUT2D eigenvalue weighted by Crippen LogP contribution is -2.30. The molecule has 5 nitrogen and oxygen atoms in total. The van der Waals surface area contributed by atoms with Gasteiger partial charge >= 0.3 is 0 Å². The summed E-state index contributed by atoms with van der Waals surface area (Å²) in [7, 11) is 0. The van der Waals surface area contributed by atoms with Gasteiger partial charge in [-0.3, -0.25) is 14.9 Å². The molecular formula is C9H15ClN4O. The molecule has 0 aromatic carbocycles. The fraction of sp³-hybridized carbons (Fsp3) is 0.556. The average Bonchev–Trinajstić information content (AvgIpc) is 2.55. The first kappa shape index (κ1) is 12.0. The van der Waals surface area contributed by atoms with Gasteiger partial charge in [0.2, 0.25) is 5.91 Å². The van der Waals surface area contributed by atoms with E-state index in [2.05, 4.69) is 10.5 Å². The van der Waals surface area contributed by atoms with Gasteiger partial charge in [-0.05, 0) is 20.3 Å². The molecule has 15 heavy (non-hydrogen) atoms. The van der Waals surface area contributed by atoms with Crippen LogP contribution in [0.3, 0.4) is 0 Å². The zero-order valence-corrected chi connectivity index (χ0v) is 9.58. The van der Waals surface area contributed by atoms with Gasteiger partial charge in [-0.2, -0.15) is 5.10 Å². The van der Waals surface area contributed by atoms with Crippen LogP contribution in [0.5, 0.6) is 0 Å². The van der Waals surface area contributed by atoms with E-state index in [1.54, 1.807) is 10.9 Å². The van der Waals surface area contributed by atoms with Crippen molar-refractivity contribution in [2.24, 2.45) is 5.84 Å². The first-order valence-electron chi connectivity index (χ1n) is 4.75. The van der Waals surface area contributed by atoms with Crippen LogP contribution in [0.15, 0.2) is 6.20 Å². The number of aryl methyl sites for hydroxylation is 1. The zero-order chi connectivity index (χ0) is 11.4. The van der Waals surface area contributed by atoms with E-state index in [0.29, 0.717) is 17.9 Å².